The minimum atomic E-state index is 0.266. The van der Waals surface area contributed by atoms with Crippen molar-refractivity contribution in [3.8, 4) is 6.19 Å². The smallest absolute Gasteiger partial charge is 0.212 e. The molecule has 0 unspecified atom stereocenters. The standard InChI is InChI=1S/C22H38N6S/c1-19(2)28(16-17-29-21-10-8-20(3)9-11-21)22(24-18-23)27(14-12-25(4)5)15-13-26(6)7/h8-11,19H,12-17H2,1-7H3. The molecule has 1 aromatic carbocycles. The fourth-order valence-corrected chi connectivity index (χ4v) is 3.65. The van der Waals surface area contributed by atoms with Crippen molar-refractivity contribution in [1.82, 2.24) is 19.6 Å². The molecule has 1 aromatic rings. The summed E-state index contributed by atoms with van der Waals surface area (Å²) in [4.78, 5) is 14.4. The highest BCUT2D eigenvalue weighted by Crippen LogP contribution is 2.19. The summed E-state index contributed by atoms with van der Waals surface area (Å²) in [7, 11) is 8.29. The highest BCUT2D eigenvalue weighted by Gasteiger charge is 2.21. The number of benzene rings is 1. The van der Waals surface area contributed by atoms with Crippen molar-refractivity contribution in [1.29, 1.82) is 5.26 Å². The van der Waals surface area contributed by atoms with Gasteiger partial charge >= 0.3 is 0 Å². The molecule has 29 heavy (non-hydrogen) atoms. The first-order valence-corrected chi connectivity index (χ1v) is 11.2. The van der Waals surface area contributed by atoms with E-state index in [2.05, 4.69) is 97.8 Å². The van der Waals surface area contributed by atoms with Gasteiger partial charge in [-0.05, 0) is 61.1 Å². The first-order valence-electron chi connectivity index (χ1n) is 10.2. The zero-order chi connectivity index (χ0) is 21.8. The Labute approximate surface area is 182 Å². The van der Waals surface area contributed by atoms with Gasteiger partial charge in [-0.25, -0.2) is 0 Å². The Hall–Kier alpha value is -1.75. The molecule has 0 saturated heterocycles. The molecule has 0 saturated carbocycles. The number of aryl methyl sites for hydroxylation is 1. The van der Waals surface area contributed by atoms with E-state index in [4.69, 9.17) is 0 Å². The van der Waals surface area contributed by atoms with Gasteiger partial charge in [-0.3, -0.25) is 0 Å². The lowest BCUT2D eigenvalue weighted by Crippen LogP contribution is -2.51. The Morgan fingerprint density at radius 3 is 1.97 bits per heavy atom. The van der Waals surface area contributed by atoms with Crippen molar-refractivity contribution in [3.05, 3.63) is 29.8 Å². The summed E-state index contributed by atoms with van der Waals surface area (Å²) >= 11 is 1.84. The second kappa shape index (κ2) is 13.5. The molecule has 0 radical (unpaired) electrons. The molecule has 162 valence electrons. The van der Waals surface area contributed by atoms with Crippen LogP contribution in [0.3, 0.4) is 0 Å². The summed E-state index contributed by atoms with van der Waals surface area (Å²) in [5, 5.41) is 9.38. The van der Waals surface area contributed by atoms with E-state index in [9.17, 15) is 5.26 Å². The second-order valence-electron chi connectivity index (χ2n) is 8.05. The Morgan fingerprint density at radius 1 is 0.966 bits per heavy atom. The van der Waals surface area contributed by atoms with Gasteiger partial charge in [0.05, 0.1) is 0 Å². The maximum atomic E-state index is 9.38. The summed E-state index contributed by atoms with van der Waals surface area (Å²) in [5.41, 5.74) is 1.28. The topological polar surface area (TPSA) is 49.1 Å². The van der Waals surface area contributed by atoms with Gasteiger partial charge in [0.2, 0.25) is 12.2 Å². The zero-order valence-electron chi connectivity index (χ0n) is 19.2. The van der Waals surface area contributed by atoms with Crippen LogP contribution in [0.4, 0.5) is 0 Å². The lowest BCUT2D eigenvalue weighted by Gasteiger charge is -2.37. The summed E-state index contributed by atoms with van der Waals surface area (Å²) in [6, 6.07) is 8.90. The van der Waals surface area contributed by atoms with Crippen molar-refractivity contribution in [2.75, 3.05) is 66.7 Å². The van der Waals surface area contributed by atoms with Crippen molar-refractivity contribution in [2.24, 2.45) is 4.99 Å². The number of rotatable bonds is 11. The van der Waals surface area contributed by atoms with E-state index in [1.165, 1.54) is 10.5 Å². The minimum Gasteiger partial charge on any atom is -0.339 e. The summed E-state index contributed by atoms with van der Waals surface area (Å²) in [5.74, 6) is 1.73. The average Bonchev–Trinajstić information content (AvgIpc) is 2.65. The van der Waals surface area contributed by atoms with Gasteiger partial charge in [0.1, 0.15) is 0 Å². The van der Waals surface area contributed by atoms with Crippen LogP contribution < -0.4 is 0 Å². The first-order chi connectivity index (χ1) is 13.7. The largest absolute Gasteiger partial charge is 0.339 e. The fourth-order valence-electron chi connectivity index (χ4n) is 2.80. The lowest BCUT2D eigenvalue weighted by atomic mass is 10.2. The quantitative estimate of drug-likeness (QED) is 0.238. The average molecular weight is 419 g/mol. The zero-order valence-corrected chi connectivity index (χ0v) is 20.0. The molecule has 0 spiro atoms. The molecule has 0 aliphatic carbocycles. The maximum Gasteiger partial charge on any atom is 0.212 e. The van der Waals surface area contributed by atoms with Crippen LogP contribution in [0, 0.1) is 18.4 Å². The lowest BCUT2D eigenvalue weighted by molar-refractivity contribution is 0.250. The van der Waals surface area contributed by atoms with E-state index >= 15 is 0 Å². The van der Waals surface area contributed by atoms with Crippen LogP contribution >= 0.6 is 11.8 Å². The molecule has 6 nitrogen and oxygen atoms in total. The van der Waals surface area contributed by atoms with Crippen molar-refractivity contribution >= 4 is 17.7 Å². The van der Waals surface area contributed by atoms with Crippen molar-refractivity contribution in [2.45, 2.75) is 31.7 Å². The van der Waals surface area contributed by atoms with E-state index in [0.717, 1.165) is 44.4 Å². The van der Waals surface area contributed by atoms with Crippen LogP contribution in [0.2, 0.25) is 0 Å². The number of hydrogen-bond acceptors (Lipinski definition) is 5. The van der Waals surface area contributed by atoms with E-state index in [0.29, 0.717) is 0 Å². The first kappa shape index (κ1) is 25.3. The van der Waals surface area contributed by atoms with Crippen molar-refractivity contribution in [3.63, 3.8) is 0 Å². The van der Waals surface area contributed by atoms with E-state index in [1.807, 2.05) is 18.0 Å². The van der Waals surface area contributed by atoms with E-state index < -0.39 is 0 Å². The van der Waals surface area contributed by atoms with Gasteiger partial charge in [0.15, 0.2) is 0 Å². The molecule has 0 amide bonds. The van der Waals surface area contributed by atoms with Crippen LogP contribution in [0.15, 0.2) is 34.2 Å². The molecular formula is C22H38N6S. The van der Waals surface area contributed by atoms with Crippen LogP contribution in [-0.4, -0.2) is 98.3 Å². The van der Waals surface area contributed by atoms with E-state index in [-0.39, 0.29) is 6.04 Å². The van der Waals surface area contributed by atoms with Crippen LogP contribution in [0.25, 0.3) is 0 Å². The highest BCUT2D eigenvalue weighted by molar-refractivity contribution is 7.99. The van der Waals surface area contributed by atoms with Gasteiger partial charge in [0.25, 0.3) is 0 Å². The van der Waals surface area contributed by atoms with Crippen LogP contribution in [0.1, 0.15) is 19.4 Å². The van der Waals surface area contributed by atoms with Gasteiger partial charge in [-0.15, -0.1) is 16.8 Å². The Kier molecular flexibility index (Phi) is 11.7. The Bertz CT molecular complexity index is 636. The molecule has 0 aliphatic heterocycles. The summed E-state index contributed by atoms with van der Waals surface area (Å²) < 4.78 is 0. The number of aliphatic imine (C=N–C) groups is 1. The Morgan fingerprint density at radius 2 is 1.52 bits per heavy atom. The van der Waals surface area contributed by atoms with Gasteiger partial charge in [-0.2, -0.15) is 5.26 Å². The molecule has 7 heteroatoms. The third-order valence-corrected chi connectivity index (χ3v) is 5.56. The third kappa shape index (κ3) is 10.0. The molecule has 0 bridgehead atoms. The maximum absolute atomic E-state index is 9.38. The number of hydrogen-bond donors (Lipinski definition) is 0. The molecule has 0 N–H and O–H groups in total. The van der Waals surface area contributed by atoms with Gasteiger partial charge in [0, 0.05) is 49.4 Å². The summed E-state index contributed by atoms with van der Waals surface area (Å²) in [6.07, 6.45) is 2.04. The molecule has 1 rings (SSSR count). The fraction of sp³-hybridized carbons (Fsp3) is 0.636. The van der Waals surface area contributed by atoms with E-state index in [1.54, 1.807) is 0 Å². The third-order valence-electron chi connectivity index (χ3n) is 4.57. The molecule has 0 aromatic heterocycles. The molecule has 0 heterocycles. The molecular weight excluding hydrogens is 380 g/mol. The monoisotopic (exact) mass is 418 g/mol. The molecule has 0 aliphatic rings. The molecule has 0 atom stereocenters. The van der Waals surface area contributed by atoms with Gasteiger partial charge in [-0.1, -0.05) is 17.7 Å². The normalized spacial score (nSPS) is 12.0. The predicted molar refractivity (Wildman–Crippen MR) is 125 cm³/mol. The number of nitriles is 1. The Balaban J connectivity index is 2.91. The van der Waals surface area contributed by atoms with Gasteiger partial charge < -0.3 is 19.6 Å². The number of nitrogens with zero attached hydrogens (tertiary/aromatic N) is 6. The number of thioether (sulfide) groups is 1. The predicted octanol–water partition coefficient (Wildman–Crippen LogP) is 3.06. The number of likely N-dealkylation sites (N-methyl/N-ethyl adjacent to an activating group) is 2. The highest BCUT2D eigenvalue weighted by atomic mass is 32.2. The van der Waals surface area contributed by atoms with Crippen LogP contribution in [-0.2, 0) is 0 Å². The minimum absolute atomic E-state index is 0.266. The van der Waals surface area contributed by atoms with Crippen molar-refractivity contribution < 1.29 is 0 Å². The number of guanidine groups is 1. The molecule has 0 fully saturated rings. The summed E-state index contributed by atoms with van der Waals surface area (Å²) in [6.45, 7) is 10.8. The second-order valence-corrected chi connectivity index (χ2v) is 9.22. The SMILES string of the molecule is Cc1ccc(SCCN(C(=NC#N)N(CCN(C)C)CCN(C)C)C(C)C)cc1. The van der Waals surface area contributed by atoms with Crippen LogP contribution in [0.5, 0.6) is 0 Å².